The highest BCUT2D eigenvalue weighted by Crippen LogP contribution is 2.14. The Morgan fingerprint density at radius 2 is 1.35 bits per heavy atom. The maximum atomic E-state index is 12.8. The highest BCUT2D eigenvalue weighted by atomic mass is 16.2. The summed E-state index contributed by atoms with van der Waals surface area (Å²) in [5.41, 5.74) is 3.86. The minimum Gasteiger partial charge on any atom is -0.273 e. The fourth-order valence-electron chi connectivity index (χ4n) is 2.21. The zero-order valence-corrected chi connectivity index (χ0v) is 15.5. The lowest BCUT2D eigenvalue weighted by molar-refractivity contribution is -0.132. The van der Waals surface area contributed by atoms with Crippen LogP contribution in [0.4, 0.5) is 4.79 Å². The molecule has 0 saturated heterocycles. The SMILES string of the molecule is CC(C)(C)C(=O)NN(Cc1ccccc1)C(=O)N(N)Cc1ccccc1. The molecule has 6 heteroatoms. The number of nitrogens with two attached hydrogens (primary N) is 1. The normalized spacial score (nSPS) is 10.9. The van der Waals surface area contributed by atoms with E-state index in [9.17, 15) is 9.59 Å². The molecule has 2 aromatic rings. The van der Waals surface area contributed by atoms with Crippen LogP contribution in [0.3, 0.4) is 0 Å². The molecule has 0 bridgehead atoms. The van der Waals surface area contributed by atoms with Gasteiger partial charge in [0, 0.05) is 5.41 Å². The van der Waals surface area contributed by atoms with Gasteiger partial charge in [0.05, 0.1) is 13.1 Å². The Morgan fingerprint density at radius 1 is 0.885 bits per heavy atom. The number of hydrogen-bond donors (Lipinski definition) is 2. The van der Waals surface area contributed by atoms with Crippen molar-refractivity contribution in [3.63, 3.8) is 0 Å². The lowest BCUT2D eigenvalue weighted by Gasteiger charge is -2.30. The second-order valence-electron chi connectivity index (χ2n) is 7.16. The largest absolute Gasteiger partial charge is 0.353 e. The van der Waals surface area contributed by atoms with Gasteiger partial charge in [-0.1, -0.05) is 81.4 Å². The molecule has 0 spiro atoms. The molecule has 0 aliphatic heterocycles. The first kappa shape index (κ1) is 19.5. The Balaban J connectivity index is 2.15. The Kier molecular flexibility index (Phi) is 6.36. The lowest BCUT2D eigenvalue weighted by atomic mass is 9.96. The van der Waals surface area contributed by atoms with E-state index in [2.05, 4.69) is 5.43 Å². The van der Waals surface area contributed by atoms with E-state index in [-0.39, 0.29) is 19.0 Å². The van der Waals surface area contributed by atoms with Crippen LogP contribution < -0.4 is 11.3 Å². The fourth-order valence-corrected chi connectivity index (χ4v) is 2.21. The summed E-state index contributed by atoms with van der Waals surface area (Å²) in [6.07, 6.45) is 0. The van der Waals surface area contributed by atoms with Crippen molar-refractivity contribution in [1.82, 2.24) is 15.4 Å². The molecule has 2 rings (SSSR count). The smallest absolute Gasteiger partial charge is 0.273 e. The zero-order chi connectivity index (χ0) is 19.2. The summed E-state index contributed by atoms with van der Waals surface area (Å²) >= 11 is 0. The molecular formula is C20H26N4O2. The summed E-state index contributed by atoms with van der Waals surface area (Å²) in [5, 5.41) is 2.35. The van der Waals surface area contributed by atoms with Crippen LogP contribution in [-0.2, 0) is 17.9 Å². The van der Waals surface area contributed by atoms with Crippen molar-refractivity contribution in [2.24, 2.45) is 11.3 Å². The van der Waals surface area contributed by atoms with Gasteiger partial charge in [-0.05, 0) is 11.1 Å². The van der Waals surface area contributed by atoms with E-state index in [4.69, 9.17) is 5.84 Å². The molecule has 3 N–H and O–H groups in total. The zero-order valence-electron chi connectivity index (χ0n) is 15.5. The van der Waals surface area contributed by atoms with Crippen LogP contribution in [0.2, 0.25) is 0 Å². The third kappa shape index (κ3) is 5.60. The minimum atomic E-state index is -0.631. The fraction of sp³-hybridized carbons (Fsp3) is 0.300. The van der Waals surface area contributed by atoms with E-state index in [0.29, 0.717) is 0 Å². The third-order valence-corrected chi connectivity index (χ3v) is 3.77. The van der Waals surface area contributed by atoms with Gasteiger partial charge in [-0.25, -0.2) is 15.6 Å². The highest BCUT2D eigenvalue weighted by Gasteiger charge is 2.27. The van der Waals surface area contributed by atoms with Gasteiger partial charge in [0.1, 0.15) is 0 Å². The van der Waals surface area contributed by atoms with E-state index >= 15 is 0 Å². The number of rotatable bonds is 4. The number of hydrogen-bond acceptors (Lipinski definition) is 3. The van der Waals surface area contributed by atoms with E-state index in [1.54, 1.807) is 20.8 Å². The second-order valence-corrected chi connectivity index (χ2v) is 7.16. The van der Waals surface area contributed by atoms with Crippen LogP contribution in [0.25, 0.3) is 0 Å². The average Bonchev–Trinajstić information content (AvgIpc) is 2.61. The van der Waals surface area contributed by atoms with Crippen LogP contribution in [0.1, 0.15) is 31.9 Å². The van der Waals surface area contributed by atoms with Crippen molar-refractivity contribution in [1.29, 1.82) is 0 Å². The molecule has 6 nitrogen and oxygen atoms in total. The molecule has 0 aliphatic carbocycles. The monoisotopic (exact) mass is 354 g/mol. The molecule has 0 aromatic heterocycles. The lowest BCUT2D eigenvalue weighted by Crippen LogP contribution is -2.55. The molecule has 0 unspecified atom stereocenters. The maximum Gasteiger partial charge on any atom is 0.353 e. The van der Waals surface area contributed by atoms with Crippen molar-refractivity contribution >= 4 is 11.9 Å². The van der Waals surface area contributed by atoms with Gasteiger partial charge in [-0.3, -0.25) is 15.2 Å². The second kappa shape index (κ2) is 8.49. The molecule has 0 aliphatic rings. The first-order valence-electron chi connectivity index (χ1n) is 8.50. The summed E-state index contributed by atoms with van der Waals surface area (Å²) in [7, 11) is 0. The predicted octanol–water partition coefficient (Wildman–Crippen LogP) is 3.06. The van der Waals surface area contributed by atoms with Crippen LogP contribution in [0, 0.1) is 5.41 Å². The first-order chi connectivity index (χ1) is 12.3. The molecule has 0 radical (unpaired) electrons. The number of nitrogens with one attached hydrogen (secondary N) is 1. The van der Waals surface area contributed by atoms with Crippen molar-refractivity contribution in [2.45, 2.75) is 33.9 Å². The quantitative estimate of drug-likeness (QED) is 0.503. The number of nitrogens with zero attached hydrogens (tertiary/aromatic N) is 2. The van der Waals surface area contributed by atoms with Crippen molar-refractivity contribution in [3.05, 3.63) is 71.8 Å². The molecule has 0 atom stereocenters. The van der Waals surface area contributed by atoms with Crippen LogP contribution in [0.5, 0.6) is 0 Å². The summed E-state index contributed by atoms with van der Waals surface area (Å²) in [6, 6.07) is 18.4. The number of hydrazine groups is 2. The minimum absolute atomic E-state index is 0.226. The van der Waals surface area contributed by atoms with E-state index in [1.807, 2.05) is 60.7 Å². The van der Waals surface area contributed by atoms with Crippen LogP contribution >= 0.6 is 0 Å². The van der Waals surface area contributed by atoms with Crippen LogP contribution in [-0.4, -0.2) is 22.0 Å². The van der Waals surface area contributed by atoms with Gasteiger partial charge in [-0.15, -0.1) is 0 Å². The number of amides is 3. The Labute approximate surface area is 154 Å². The molecule has 138 valence electrons. The Hall–Kier alpha value is -2.86. The summed E-state index contributed by atoms with van der Waals surface area (Å²) in [6.45, 7) is 5.84. The third-order valence-electron chi connectivity index (χ3n) is 3.77. The van der Waals surface area contributed by atoms with Crippen LogP contribution in [0.15, 0.2) is 60.7 Å². The molecule has 2 aromatic carbocycles. The molecule has 0 saturated carbocycles. The predicted molar refractivity (Wildman–Crippen MR) is 101 cm³/mol. The number of benzene rings is 2. The highest BCUT2D eigenvalue weighted by molar-refractivity contribution is 5.84. The van der Waals surface area contributed by atoms with Gasteiger partial charge >= 0.3 is 6.03 Å². The maximum absolute atomic E-state index is 12.8. The standard InChI is InChI=1S/C20H26N4O2/c1-20(2,3)18(25)22-24(15-17-12-8-5-9-13-17)19(26)23(21)14-16-10-6-4-7-11-16/h4-13H,14-15,21H2,1-3H3,(H,22,25). The number of carbonyl (C=O) groups is 2. The summed E-state index contributed by atoms with van der Waals surface area (Å²) in [4.78, 5) is 25.2. The number of carbonyl (C=O) groups excluding carboxylic acids is 2. The molecule has 3 amide bonds. The summed E-state index contributed by atoms with van der Waals surface area (Å²) < 4.78 is 0. The number of urea groups is 1. The Bertz CT molecular complexity index is 726. The molecule has 0 fully saturated rings. The molecule has 26 heavy (non-hydrogen) atoms. The van der Waals surface area contributed by atoms with E-state index < -0.39 is 11.4 Å². The van der Waals surface area contributed by atoms with Gasteiger partial charge in [0.15, 0.2) is 0 Å². The van der Waals surface area contributed by atoms with E-state index in [1.165, 1.54) is 5.01 Å². The van der Waals surface area contributed by atoms with Crippen molar-refractivity contribution in [3.8, 4) is 0 Å². The van der Waals surface area contributed by atoms with Gasteiger partial charge in [0.25, 0.3) is 0 Å². The topological polar surface area (TPSA) is 78.7 Å². The van der Waals surface area contributed by atoms with Gasteiger partial charge in [0.2, 0.25) is 5.91 Å². The van der Waals surface area contributed by atoms with Crippen molar-refractivity contribution in [2.75, 3.05) is 0 Å². The van der Waals surface area contributed by atoms with Gasteiger partial charge in [-0.2, -0.15) is 0 Å². The molecule has 0 heterocycles. The average molecular weight is 354 g/mol. The summed E-state index contributed by atoms with van der Waals surface area (Å²) in [5.74, 6) is 5.72. The van der Waals surface area contributed by atoms with Gasteiger partial charge < -0.3 is 0 Å². The van der Waals surface area contributed by atoms with E-state index in [0.717, 1.165) is 16.1 Å². The van der Waals surface area contributed by atoms with Crippen molar-refractivity contribution < 1.29 is 9.59 Å². The Morgan fingerprint density at radius 3 is 1.81 bits per heavy atom. The molecular weight excluding hydrogens is 328 g/mol. The first-order valence-corrected chi connectivity index (χ1v) is 8.50.